The zero-order chi connectivity index (χ0) is 25.3. The number of ether oxygens (including phenoxy) is 1. The standard InChI is InChI=1S/C26H30O2.3C2H6/c1-17-14-24(27)26(2)13-12-22-21-11-9-20(28-16-18-6-4-3-5-7-18)15-19(21)8-10-23(22)25(17)26;3*1-2/h3-7,9,11,15,17,22-23,25H,8,10,12-14,16H2,1-2H3;3*1-2H3/t17?,22-,23-,25?,26-;;;/m1.../s1. The fourth-order valence-corrected chi connectivity index (χ4v) is 6.67. The van der Waals surface area contributed by atoms with Crippen LogP contribution in [0.15, 0.2) is 48.5 Å². The highest BCUT2D eigenvalue weighted by molar-refractivity contribution is 5.87. The number of hydrogen-bond donors (Lipinski definition) is 0. The lowest BCUT2D eigenvalue weighted by atomic mass is 9.54. The van der Waals surface area contributed by atoms with Gasteiger partial charge in [0.05, 0.1) is 0 Å². The molecule has 2 fully saturated rings. The van der Waals surface area contributed by atoms with E-state index < -0.39 is 0 Å². The highest BCUT2D eigenvalue weighted by Gasteiger charge is 2.57. The van der Waals surface area contributed by atoms with Gasteiger partial charge in [-0.2, -0.15) is 0 Å². The fraction of sp³-hybridized carbons (Fsp3) is 0.594. The summed E-state index contributed by atoms with van der Waals surface area (Å²) in [6, 6.07) is 17.1. The molecule has 3 aliphatic carbocycles. The molecule has 0 heterocycles. The minimum Gasteiger partial charge on any atom is -0.489 e. The molecule has 2 saturated carbocycles. The average Bonchev–Trinajstić information content (AvgIpc) is 3.14. The molecular formula is C32H48O2. The van der Waals surface area contributed by atoms with Crippen LogP contribution in [0.25, 0.3) is 0 Å². The second-order valence-corrected chi connectivity index (χ2v) is 9.53. The first kappa shape index (κ1) is 28.1. The number of rotatable bonds is 3. The van der Waals surface area contributed by atoms with E-state index in [1.165, 1.54) is 23.1 Å². The van der Waals surface area contributed by atoms with Crippen LogP contribution < -0.4 is 4.74 Å². The minimum atomic E-state index is -0.0587. The van der Waals surface area contributed by atoms with Crippen molar-refractivity contribution >= 4 is 5.78 Å². The first-order valence-electron chi connectivity index (χ1n) is 13.9. The molecule has 0 spiro atoms. The van der Waals surface area contributed by atoms with Gasteiger partial charge >= 0.3 is 0 Å². The molecule has 3 aliphatic rings. The molecule has 2 nitrogen and oxygen atoms in total. The maximum atomic E-state index is 12.7. The Morgan fingerprint density at radius 3 is 2.29 bits per heavy atom. The van der Waals surface area contributed by atoms with Crippen LogP contribution in [0.1, 0.15) is 104 Å². The number of benzene rings is 2. The number of carbonyl (C=O) groups excluding carboxylic acids is 1. The molecule has 0 aliphatic heterocycles. The summed E-state index contributed by atoms with van der Waals surface area (Å²) < 4.78 is 6.07. The van der Waals surface area contributed by atoms with Gasteiger partial charge in [0.15, 0.2) is 0 Å². The molecule has 2 heteroatoms. The molecule has 34 heavy (non-hydrogen) atoms. The lowest BCUT2D eigenvalue weighted by Gasteiger charge is -2.49. The fourth-order valence-electron chi connectivity index (χ4n) is 6.67. The Bertz CT molecular complexity index is 887. The van der Waals surface area contributed by atoms with Crippen molar-refractivity contribution in [3.05, 3.63) is 65.2 Å². The third-order valence-corrected chi connectivity index (χ3v) is 7.96. The van der Waals surface area contributed by atoms with Gasteiger partial charge in [-0.05, 0) is 78.2 Å². The highest BCUT2D eigenvalue weighted by Crippen LogP contribution is 2.61. The van der Waals surface area contributed by atoms with Crippen LogP contribution in [0.4, 0.5) is 0 Å². The summed E-state index contributed by atoms with van der Waals surface area (Å²) in [6.07, 6.45) is 5.36. The van der Waals surface area contributed by atoms with E-state index in [9.17, 15) is 4.79 Å². The van der Waals surface area contributed by atoms with E-state index in [-0.39, 0.29) is 5.41 Å². The van der Waals surface area contributed by atoms with Gasteiger partial charge in [-0.3, -0.25) is 4.79 Å². The molecule has 2 aromatic rings. The maximum Gasteiger partial charge on any atom is 0.139 e. The third-order valence-electron chi connectivity index (χ3n) is 7.96. The van der Waals surface area contributed by atoms with Crippen LogP contribution in [0.5, 0.6) is 5.75 Å². The molecule has 2 aromatic carbocycles. The Hall–Kier alpha value is -2.09. The molecule has 0 aromatic heterocycles. The molecule has 0 N–H and O–H groups in total. The van der Waals surface area contributed by atoms with E-state index in [0.717, 1.165) is 31.4 Å². The van der Waals surface area contributed by atoms with Crippen molar-refractivity contribution < 1.29 is 9.53 Å². The quantitative estimate of drug-likeness (QED) is 0.453. The summed E-state index contributed by atoms with van der Waals surface area (Å²) in [4.78, 5) is 12.7. The largest absolute Gasteiger partial charge is 0.489 e. The minimum absolute atomic E-state index is 0.0587. The highest BCUT2D eigenvalue weighted by atomic mass is 16.5. The third kappa shape index (κ3) is 5.58. The number of aryl methyl sites for hydroxylation is 1. The van der Waals surface area contributed by atoms with Gasteiger partial charge in [0.25, 0.3) is 0 Å². The number of fused-ring (bicyclic) bond motifs is 5. The number of Topliss-reactive ketones (excluding diaryl/α,β-unsaturated/α-hetero) is 1. The monoisotopic (exact) mass is 464 g/mol. The zero-order valence-electron chi connectivity index (χ0n) is 23.0. The summed E-state index contributed by atoms with van der Waals surface area (Å²) in [7, 11) is 0. The molecule has 0 saturated heterocycles. The van der Waals surface area contributed by atoms with Crippen molar-refractivity contribution in [3.8, 4) is 5.75 Å². The van der Waals surface area contributed by atoms with Crippen molar-refractivity contribution in [3.63, 3.8) is 0 Å². The predicted octanol–water partition coefficient (Wildman–Crippen LogP) is 9.02. The van der Waals surface area contributed by atoms with Crippen LogP contribution >= 0.6 is 0 Å². The van der Waals surface area contributed by atoms with Gasteiger partial charge < -0.3 is 4.74 Å². The summed E-state index contributed by atoms with van der Waals surface area (Å²) in [5.41, 5.74) is 4.13. The van der Waals surface area contributed by atoms with Crippen molar-refractivity contribution in [2.45, 2.75) is 100 Å². The van der Waals surface area contributed by atoms with E-state index in [0.29, 0.717) is 36.1 Å². The predicted molar refractivity (Wildman–Crippen MR) is 145 cm³/mol. The Morgan fingerprint density at radius 2 is 1.62 bits per heavy atom. The van der Waals surface area contributed by atoms with Crippen LogP contribution in [0.2, 0.25) is 0 Å². The van der Waals surface area contributed by atoms with Gasteiger partial charge in [0.1, 0.15) is 18.1 Å². The molecule has 0 amide bonds. The van der Waals surface area contributed by atoms with Crippen molar-refractivity contribution in [2.75, 3.05) is 0 Å². The van der Waals surface area contributed by atoms with Gasteiger partial charge in [-0.15, -0.1) is 0 Å². The molecular weight excluding hydrogens is 416 g/mol. The molecule has 2 unspecified atom stereocenters. The van der Waals surface area contributed by atoms with E-state index in [2.05, 4.69) is 56.3 Å². The normalized spacial score (nSPS) is 28.3. The summed E-state index contributed by atoms with van der Waals surface area (Å²) >= 11 is 0. The van der Waals surface area contributed by atoms with Crippen LogP contribution in [-0.4, -0.2) is 5.78 Å². The Morgan fingerprint density at radius 1 is 0.941 bits per heavy atom. The van der Waals surface area contributed by atoms with Gasteiger partial charge in [0.2, 0.25) is 0 Å². The lowest BCUT2D eigenvalue weighted by Crippen LogP contribution is -2.43. The van der Waals surface area contributed by atoms with Crippen LogP contribution in [-0.2, 0) is 17.8 Å². The Balaban J connectivity index is 0.000000633. The summed E-state index contributed by atoms with van der Waals surface area (Å²) in [6.45, 7) is 17.2. The van der Waals surface area contributed by atoms with Gasteiger partial charge in [-0.25, -0.2) is 0 Å². The number of hydrogen-bond acceptors (Lipinski definition) is 2. The molecule has 188 valence electrons. The lowest BCUT2D eigenvalue weighted by molar-refractivity contribution is -0.129. The van der Waals surface area contributed by atoms with E-state index in [1.54, 1.807) is 0 Å². The Labute approximate surface area is 209 Å². The summed E-state index contributed by atoms with van der Waals surface area (Å²) in [5, 5.41) is 0. The van der Waals surface area contributed by atoms with Crippen molar-refractivity contribution in [1.82, 2.24) is 0 Å². The maximum absolute atomic E-state index is 12.7. The molecule has 0 radical (unpaired) electrons. The first-order chi connectivity index (χ1) is 16.6. The van der Waals surface area contributed by atoms with E-state index in [1.807, 2.05) is 47.6 Å². The first-order valence-corrected chi connectivity index (χ1v) is 13.9. The summed E-state index contributed by atoms with van der Waals surface area (Å²) in [5.74, 6) is 3.91. The van der Waals surface area contributed by atoms with Crippen LogP contribution in [0, 0.1) is 23.2 Å². The smallest absolute Gasteiger partial charge is 0.139 e. The second kappa shape index (κ2) is 13.1. The van der Waals surface area contributed by atoms with Gasteiger partial charge in [0, 0.05) is 11.8 Å². The van der Waals surface area contributed by atoms with Crippen molar-refractivity contribution in [2.24, 2.45) is 23.2 Å². The second-order valence-electron chi connectivity index (χ2n) is 9.53. The molecule has 5 rings (SSSR count). The number of carbonyl (C=O) groups is 1. The topological polar surface area (TPSA) is 26.3 Å². The van der Waals surface area contributed by atoms with E-state index >= 15 is 0 Å². The van der Waals surface area contributed by atoms with Crippen LogP contribution in [0.3, 0.4) is 0 Å². The SMILES string of the molecule is CC.CC.CC.CC1CC(=O)[C@@]2(C)CC[C@@H]3c4ccc(OCc5ccccc5)cc4CC[C@H]3C12. The Kier molecular flexibility index (Phi) is 10.9. The average molecular weight is 465 g/mol. The number of ketones is 1. The van der Waals surface area contributed by atoms with Gasteiger partial charge in [-0.1, -0.05) is 91.8 Å². The van der Waals surface area contributed by atoms with E-state index in [4.69, 9.17) is 4.74 Å². The van der Waals surface area contributed by atoms with Crippen molar-refractivity contribution in [1.29, 1.82) is 0 Å². The zero-order valence-corrected chi connectivity index (χ0v) is 23.0. The molecule has 0 bridgehead atoms. The molecule has 5 atom stereocenters.